The SMILES string of the molecule is O=C(Nc1ccc(N2Cc3ccccc3C2=O)cc1)c1cccc(Br)c1. The van der Waals surface area contributed by atoms with Crippen LogP contribution in [-0.2, 0) is 6.54 Å². The van der Waals surface area contributed by atoms with Crippen molar-refractivity contribution in [2.75, 3.05) is 10.2 Å². The van der Waals surface area contributed by atoms with Gasteiger partial charge in [0.25, 0.3) is 11.8 Å². The van der Waals surface area contributed by atoms with Gasteiger partial charge in [-0.15, -0.1) is 0 Å². The average molecular weight is 407 g/mol. The van der Waals surface area contributed by atoms with Crippen LogP contribution < -0.4 is 10.2 Å². The zero-order valence-corrected chi connectivity index (χ0v) is 15.4. The predicted octanol–water partition coefficient (Wildman–Crippen LogP) is 4.86. The zero-order valence-electron chi connectivity index (χ0n) is 13.8. The van der Waals surface area contributed by atoms with Crippen LogP contribution in [0.2, 0.25) is 0 Å². The number of hydrogen-bond acceptors (Lipinski definition) is 2. The topological polar surface area (TPSA) is 49.4 Å². The molecule has 0 fully saturated rings. The van der Waals surface area contributed by atoms with Gasteiger partial charge in [-0.25, -0.2) is 0 Å². The molecule has 0 spiro atoms. The highest BCUT2D eigenvalue weighted by Gasteiger charge is 2.27. The number of nitrogens with one attached hydrogen (secondary N) is 1. The standard InChI is InChI=1S/C21H15BrN2O2/c22-16-6-3-5-14(12-16)20(25)23-17-8-10-18(11-9-17)24-13-15-4-1-2-7-19(15)21(24)26/h1-12H,13H2,(H,23,25). The summed E-state index contributed by atoms with van der Waals surface area (Å²) in [5.74, 6) is -0.171. The molecule has 26 heavy (non-hydrogen) atoms. The molecule has 0 saturated carbocycles. The van der Waals surface area contributed by atoms with E-state index in [4.69, 9.17) is 0 Å². The molecule has 0 atom stereocenters. The molecule has 1 heterocycles. The lowest BCUT2D eigenvalue weighted by Gasteiger charge is -2.16. The van der Waals surface area contributed by atoms with Gasteiger partial charge in [-0.2, -0.15) is 0 Å². The van der Waals surface area contributed by atoms with Gasteiger partial charge in [0, 0.05) is 27.0 Å². The second-order valence-corrected chi connectivity index (χ2v) is 6.98. The van der Waals surface area contributed by atoms with Crippen LogP contribution in [-0.4, -0.2) is 11.8 Å². The van der Waals surface area contributed by atoms with Crippen molar-refractivity contribution in [3.05, 3.63) is 94.0 Å². The van der Waals surface area contributed by atoms with Crippen molar-refractivity contribution in [2.24, 2.45) is 0 Å². The molecule has 1 aliphatic heterocycles. The highest BCUT2D eigenvalue weighted by molar-refractivity contribution is 9.10. The summed E-state index contributed by atoms with van der Waals surface area (Å²) >= 11 is 3.36. The summed E-state index contributed by atoms with van der Waals surface area (Å²) in [5.41, 5.74) is 3.85. The van der Waals surface area contributed by atoms with Crippen LogP contribution in [0.15, 0.2) is 77.3 Å². The molecule has 3 aromatic carbocycles. The minimum atomic E-state index is -0.177. The molecule has 1 N–H and O–H groups in total. The van der Waals surface area contributed by atoms with Crippen molar-refractivity contribution < 1.29 is 9.59 Å². The van der Waals surface area contributed by atoms with Gasteiger partial charge in [0.15, 0.2) is 0 Å². The molecule has 1 aliphatic rings. The van der Waals surface area contributed by atoms with Crippen molar-refractivity contribution >= 4 is 39.1 Å². The number of rotatable bonds is 3. The first-order chi connectivity index (χ1) is 12.6. The average Bonchev–Trinajstić information content (AvgIpc) is 2.99. The van der Waals surface area contributed by atoms with Crippen LogP contribution in [0.1, 0.15) is 26.3 Å². The van der Waals surface area contributed by atoms with E-state index in [-0.39, 0.29) is 11.8 Å². The molecule has 5 heteroatoms. The molecule has 0 aromatic heterocycles. The highest BCUT2D eigenvalue weighted by atomic mass is 79.9. The molecule has 4 nitrogen and oxygen atoms in total. The summed E-state index contributed by atoms with van der Waals surface area (Å²) in [6, 6.07) is 22.2. The number of fused-ring (bicyclic) bond motifs is 1. The first-order valence-electron chi connectivity index (χ1n) is 8.18. The molecule has 0 bridgehead atoms. The van der Waals surface area contributed by atoms with E-state index in [1.54, 1.807) is 17.0 Å². The Bertz CT molecular complexity index is 999. The maximum Gasteiger partial charge on any atom is 0.258 e. The number of hydrogen-bond donors (Lipinski definition) is 1. The summed E-state index contributed by atoms with van der Waals surface area (Å²) in [5, 5.41) is 2.87. The van der Waals surface area contributed by atoms with Crippen LogP contribution in [0, 0.1) is 0 Å². The van der Waals surface area contributed by atoms with E-state index in [2.05, 4.69) is 21.2 Å². The van der Waals surface area contributed by atoms with E-state index in [1.807, 2.05) is 60.7 Å². The first-order valence-corrected chi connectivity index (χ1v) is 8.98. The third-order valence-corrected chi connectivity index (χ3v) is 4.84. The van der Waals surface area contributed by atoms with E-state index in [0.29, 0.717) is 17.8 Å². The second kappa shape index (κ2) is 6.77. The normalized spacial score (nSPS) is 12.8. The van der Waals surface area contributed by atoms with Gasteiger partial charge in [-0.3, -0.25) is 9.59 Å². The van der Waals surface area contributed by atoms with Crippen LogP contribution in [0.25, 0.3) is 0 Å². The molecule has 0 unspecified atom stereocenters. The summed E-state index contributed by atoms with van der Waals surface area (Å²) in [7, 11) is 0. The second-order valence-electron chi connectivity index (χ2n) is 6.06. The molecular weight excluding hydrogens is 392 g/mol. The Kier molecular flexibility index (Phi) is 4.31. The Morgan fingerprint density at radius 2 is 1.73 bits per heavy atom. The minimum absolute atomic E-state index is 0.00604. The largest absolute Gasteiger partial charge is 0.322 e. The highest BCUT2D eigenvalue weighted by Crippen LogP contribution is 2.29. The van der Waals surface area contributed by atoms with E-state index in [9.17, 15) is 9.59 Å². The van der Waals surface area contributed by atoms with Gasteiger partial charge >= 0.3 is 0 Å². The Morgan fingerprint density at radius 3 is 2.46 bits per heavy atom. The number of halogens is 1. The fourth-order valence-electron chi connectivity index (χ4n) is 3.02. The number of carbonyl (C=O) groups is 2. The number of amides is 2. The summed E-state index contributed by atoms with van der Waals surface area (Å²) in [6.07, 6.45) is 0. The molecule has 0 radical (unpaired) electrons. The maximum atomic E-state index is 12.5. The van der Waals surface area contributed by atoms with E-state index >= 15 is 0 Å². The molecule has 3 aromatic rings. The lowest BCUT2D eigenvalue weighted by molar-refractivity contribution is 0.0994. The van der Waals surface area contributed by atoms with Crippen molar-refractivity contribution in [1.29, 1.82) is 0 Å². The lowest BCUT2D eigenvalue weighted by atomic mass is 10.1. The van der Waals surface area contributed by atoms with E-state index in [0.717, 1.165) is 21.3 Å². The van der Waals surface area contributed by atoms with Crippen LogP contribution >= 0.6 is 15.9 Å². The minimum Gasteiger partial charge on any atom is -0.322 e. The molecule has 0 aliphatic carbocycles. The quantitative estimate of drug-likeness (QED) is 0.674. The first kappa shape index (κ1) is 16.5. The fourth-order valence-corrected chi connectivity index (χ4v) is 3.42. The Morgan fingerprint density at radius 1 is 0.962 bits per heavy atom. The van der Waals surface area contributed by atoms with Gasteiger partial charge in [-0.05, 0) is 54.1 Å². The molecule has 128 valence electrons. The van der Waals surface area contributed by atoms with E-state index < -0.39 is 0 Å². The molecule has 4 rings (SSSR count). The van der Waals surface area contributed by atoms with Crippen molar-refractivity contribution in [3.63, 3.8) is 0 Å². The van der Waals surface area contributed by atoms with Gasteiger partial charge in [-0.1, -0.05) is 40.2 Å². The van der Waals surface area contributed by atoms with Gasteiger partial charge in [0.05, 0.1) is 6.54 Å². The lowest BCUT2D eigenvalue weighted by Crippen LogP contribution is -2.22. The van der Waals surface area contributed by atoms with Crippen LogP contribution in [0.5, 0.6) is 0 Å². The zero-order chi connectivity index (χ0) is 18.1. The molecular formula is C21H15BrN2O2. The van der Waals surface area contributed by atoms with Crippen LogP contribution in [0.4, 0.5) is 11.4 Å². The van der Waals surface area contributed by atoms with Crippen molar-refractivity contribution in [1.82, 2.24) is 0 Å². The van der Waals surface area contributed by atoms with Crippen LogP contribution in [0.3, 0.4) is 0 Å². The van der Waals surface area contributed by atoms with Gasteiger partial charge in [0.2, 0.25) is 0 Å². The fraction of sp³-hybridized carbons (Fsp3) is 0.0476. The summed E-state index contributed by atoms with van der Waals surface area (Å²) in [4.78, 5) is 26.6. The third kappa shape index (κ3) is 3.13. The Labute approximate surface area is 159 Å². The Balaban J connectivity index is 1.49. The molecule has 2 amide bonds. The smallest absolute Gasteiger partial charge is 0.258 e. The molecule has 0 saturated heterocycles. The number of anilines is 2. The Hall–Kier alpha value is -2.92. The number of nitrogens with zero attached hydrogens (tertiary/aromatic N) is 1. The van der Waals surface area contributed by atoms with Gasteiger partial charge in [0.1, 0.15) is 0 Å². The van der Waals surface area contributed by atoms with Crippen molar-refractivity contribution in [2.45, 2.75) is 6.54 Å². The number of carbonyl (C=O) groups excluding carboxylic acids is 2. The summed E-state index contributed by atoms with van der Waals surface area (Å²) < 4.78 is 0.854. The van der Waals surface area contributed by atoms with Crippen molar-refractivity contribution in [3.8, 4) is 0 Å². The van der Waals surface area contributed by atoms with Gasteiger partial charge < -0.3 is 10.2 Å². The monoisotopic (exact) mass is 406 g/mol. The number of benzene rings is 3. The summed E-state index contributed by atoms with van der Waals surface area (Å²) in [6.45, 7) is 0.568. The third-order valence-electron chi connectivity index (χ3n) is 4.35. The van der Waals surface area contributed by atoms with E-state index in [1.165, 1.54) is 0 Å². The predicted molar refractivity (Wildman–Crippen MR) is 105 cm³/mol. The maximum absolute atomic E-state index is 12.5.